The van der Waals surface area contributed by atoms with Crippen LogP contribution >= 0.6 is 0 Å². The molecule has 0 spiro atoms. The van der Waals surface area contributed by atoms with E-state index in [4.69, 9.17) is 4.74 Å². The number of esters is 1. The Labute approximate surface area is 159 Å². The zero-order chi connectivity index (χ0) is 19.5. The standard InChI is InChI=1S/C22H37NO3/c1-6-8-9-10-11-12-13-14-15-16-19(24)20-17(3)21(22(25)26-7-2)23(5)18(20)4/h6-16H2,1-5H3. The van der Waals surface area contributed by atoms with Crippen LogP contribution in [0, 0.1) is 13.8 Å². The first-order valence-electron chi connectivity index (χ1n) is 10.3. The monoisotopic (exact) mass is 363 g/mol. The van der Waals surface area contributed by atoms with Crippen LogP contribution in [0.3, 0.4) is 0 Å². The minimum absolute atomic E-state index is 0.147. The summed E-state index contributed by atoms with van der Waals surface area (Å²) >= 11 is 0. The first kappa shape index (κ1) is 22.5. The Morgan fingerprint density at radius 3 is 1.96 bits per heavy atom. The number of ether oxygens (including phenoxy) is 1. The van der Waals surface area contributed by atoms with Crippen molar-refractivity contribution in [3.8, 4) is 0 Å². The quantitative estimate of drug-likeness (QED) is 0.248. The highest BCUT2D eigenvalue weighted by atomic mass is 16.5. The second-order valence-corrected chi connectivity index (χ2v) is 7.22. The van der Waals surface area contributed by atoms with Crippen LogP contribution in [0.2, 0.25) is 0 Å². The average molecular weight is 364 g/mol. The summed E-state index contributed by atoms with van der Waals surface area (Å²) in [5, 5.41) is 0. The summed E-state index contributed by atoms with van der Waals surface area (Å²) in [6, 6.07) is 0. The Kier molecular flexibility index (Phi) is 10.3. The fraction of sp³-hybridized carbons (Fsp3) is 0.727. The molecular formula is C22H37NO3. The molecule has 0 aromatic carbocycles. The van der Waals surface area contributed by atoms with Crippen molar-refractivity contribution in [2.24, 2.45) is 7.05 Å². The highest BCUT2D eigenvalue weighted by molar-refractivity contribution is 6.02. The predicted octanol–water partition coefficient (Wildman–Crippen LogP) is 5.92. The van der Waals surface area contributed by atoms with E-state index in [1.54, 1.807) is 11.5 Å². The zero-order valence-electron chi connectivity index (χ0n) is 17.5. The van der Waals surface area contributed by atoms with Crippen LogP contribution in [-0.2, 0) is 11.8 Å². The van der Waals surface area contributed by atoms with Crippen LogP contribution in [0.5, 0.6) is 0 Å². The number of aromatic nitrogens is 1. The summed E-state index contributed by atoms with van der Waals surface area (Å²) in [7, 11) is 1.82. The molecule has 1 aromatic heterocycles. The zero-order valence-corrected chi connectivity index (χ0v) is 17.5. The number of nitrogens with zero attached hydrogens (tertiary/aromatic N) is 1. The molecule has 0 saturated heterocycles. The Bertz CT molecular complexity index is 587. The van der Waals surface area contributed by atoms with Gasteiger partial charge in [-0.3, -0.25) is 4.79 Å². The van der Waals surface area contributed by atoms with E-state index in [1.807, 2.05) is 20.9 Å². The maximum atomic E-state index is 12.7. The molecule has 148 valence electrons. The van der Waals surface area contributed by atoms with Gasteiger partial charge in [-0.15, -0.1) is 0 Å². The number of rotatable bonds is 13. The molecule has 0 N–H and O–H groups in total. The van der Waals surface area contributed by atoms with Gasteiger partial charge in [0.05, 0.1) is 6.61 Å². The van der Waals surface area contributed by atoms with Gasteiger partial charge < -0.3 is 9.30 Å². The Morgan fingerprint density at radius 1 is 0.885 bits per heavy atom. The van der Waals surface area contributed by atoms with E-state index in [9.17, 15) is 9.59 Å². The summed E-state index contributed by atoms with van der Waals surface area (Å²) in [6.07, 6.45) is 11.7. The van der Waals surface area contributed by atoms with Gasteiger partial charge in [-0.05, 0) is 32.8 Å². The van der Waals surface area contributed by atoms with Crippen molar-refractivity contribution in [3.05, 3.63) is 22.5 Å². The van der Waals surface area contributed by atoms with Crippen molar-refractivity contribution in [1.29, 1.82) is 0 Å². The van der Waals surface area contributed by atoms with E-state index in [2.05, 4.69) is 6.92 Å². The second-order valence-electron chi connectivity index (χ2n) is 7.22. The maximum Gasteiger partial charge on any atom is 0.355 e. The van der Waals surface area contributed by atoms with E-state index in [1.165, 1.54) is 44.9 Å². The average Bonchev–Trinajstić information content (AvgIpc) is 2.82. The molecule has 0 bridgehead atoms. The van der Waals surface area contributed by atoms with Crippen molar-refractivity contribution in [1.82, 2.24) is 4.57 Å². The van der Waals surface area contributed by atoms with Crippen LogP contribution in [0.25, 0.3) is 0 Å². The lowest BCUT2D eigenvalue weighted by Crippen LogP contribution is -2.11. The minimum Gasteiger partial charge on any atom is -0.461 e. The summed E-state index contributed by atoms with van der Waals surface area (Å²) in [6.45, 7) is 8.12. The van der Waals surface area contributed by atoms with Gasteiger partial charge in [0.15, 0.2) is 5.78 Å². The normalized spacial score (nSPS) is 11.0. The summed E-state index contributed by atoms with van der Waals surface area (Å²) in [4.78, 5) is 24.8. The van der Waals surface area contributed by atoms with E-state index < -0.39 is 0 Å². The van der Waals surface area contributed by atoms with Crippen LogP contribution < -0.4 is 0 Å². The van der Waals surface area contributed by atoms with E-state index >= 15 is 0 Å². The number of hydrogen-bond donors (Lipinski definition) is 0. The highest BCUT2D eigenvalue weighted by Crippen LogP contribution is 2.24. The Morgan fingerprint density at radius 2 is 1.42 bits per heavy atom. The SMILES string of the molecule is CCCCCCCCCCCC(=O)c1c(C)c(C(=O)OCC)n(C)c1C. The van der Waals surface area contributed by atoms with E-state index in [-0.39, 0.29) is 11.8 Å². The molecule has 0 saturated carbocycles. The minimum atomic E-state index is -0.349. The molecule has 4 heteroatoms. The molecule has 0 aliphatic carbocycles. The third-order valence-corrected chi connectivity index (χ3v) is 5.19. The Hall–Kier alpha value is -1.58. The maximum absolute atomic E-state index is 12.7. The number of ketones is 1. The molecule has 1 rings (SSSR count). The molecule has 1 aromatic rings. The van der Waals surface area contributed by atoms with E-state index in [0.29, 0.717) is 24.3 Å². The Balaban J connectivity index is 2.48. The summed E-state index contributed by atoms with van der Waals surface area (Å²) in [5.41, 5.74) is 2.81. The molecule has 0 unspecified atom stereocenters. The molecule has 0 aliphatic rings. The number of Topliss-reactive ketones (excluding diaryl/α,β-unsaturated/α-hetero) is 1. The van der Waals surface area contributed by atoms with Crippen molar-refractivity contribution < 1.29 is 14.3 Å². The first-order valence-corrected chi connectivity index (χ1v) is 10.3. The van der Waals surface area contributed by atoms with Crippen LogP contribution in [0.4, 0.5) is 0 Å². The topological polar surface area (TPSA) is 48.3 Å². The van der Waals surface area contributed by atoms with Crippen molar-refractivity contribution in [3.63, 3.8) is 0 Å². The molecule has 4 nitrogen and oxygen atoms in total. The summed E-state index contributed by atoms with van der Waals surface area (Å²) < 4.78 is 6.92. The van der Waals surface area contributed by atoms with Gasteiger partial charge in [0.2, 0.25) is 0 Å². The number of carbonyl (C=O) groups excluding carboxylic acids is 2. The fourth-order valence-corrected chi connectivity index (χ4v) is 3.60. The fourth-order valence-electron chi connectivity index (χ4n) is 3.60. The van der Waals surface area contributed by atoms with Crippen molar-refractivity contribution in [2.75, 3.05) is 6.61 Å². The van der Waals surface area contributed by atoms with Crippen molar-refractivity contribution >= 4 is 11.8 Å². The van der Waals surface area contributed by atoms with Gasteiger partial charge in [0.25, 0.3) is 0 Å². The second kappa shape index (κ2) is 11.9. The van der Waals surface area contributed by atoms with Gasteiger partial charge in [-0.2, -0.15) is 0 Å². The van der Waals surface area contributed by atoms with Gasteiger partial charge in [0.1, 0.15) is 5.69 Å². The third kappa shape index (κ3) is 6.30. The van der Waals surface area contributed by atoms with Gasteiger partial charge in [0, 0.05) is 24.7 Å². The summed E-state index contributed by atoms with van der Waals surface area (Å²) in [5.74, 6) is -0.202. The van der Waals surface area contributed by atoms with E-state index in [0.717, 1.165) is 24.1 Å². The third-order valence-electron chi connectivity index (χ3n) is 5.19. The lowest BCUT2D eigenvalue weighted by atomic mass is 10.00. The molecule has 0 radical (unpaired) electrons. The molecule has 26 heavy (non-hydrogen) atoms. The van der Waals surface area contributed by atoms with Crippen LogP contribution in [0.1, 0.15) is 110 Å². The lowest BCUT2D eigenvalue weighted by Gasteiger charge is -2.05. The van der Waals surface area contributed by atoms with Gasteiger partial charge in [-0.25, -0.2) is 4.79 Å². The predicted molar refractivity (Wildman–Crippen MR) is 107 cm³/mol. The van der Waals surface area contributed by atoms with Gasteiger partial charge in [-0.1, -0.05) is 58.3 Å². The highest BCUT2D eigenvalue weighted by Gasteiger charge is 2.25. The molecule has 0 aliphatic heterocycles. The molecule has 0 amide bonds. The van der Waals surface area contributed by atoms with Crippen molar-refractivity contribution in [2.45, 2.75) is 91.9 Å². The number of carbonyl (C=O) groups is 2. The smallest absolute Gasteiger partial charge is 0.355 e. The largest absolute Gasteiger partial charge is 0.461 e. The van der Waals surface area contributed by atoms with Crippen LogP contribution in [0.15, 0.2) is 0 Å². The molecular weight excluding hydrogens is 326 g/mol. The van der Waals surface area contributed by atoms with Gasteiger partial charge >= 0.3 is 5.97 Å². The molecule has 0 atom stereocenters. The van der Waals surface area contributed by atoms with Crippen LogP contribution in [-0.4, -0.2) is 22.9 Å². The number of unbranched alkanes of at least 4 members (excludes halogenated alkanes) is 8. The lowest BCUT2D eigenvalue weighted by molar-refractivity contribution is 0.0514. The molecule has 1 heterocycles. The first-order chi connectivity index (χ1) is 12.5. The number of hydrogen-bond acceptors (Lipinski definition) is 3. The molecule has 0 fully saturated rings.